The van der Waals surface area contributed by atoms with Crippen LogP contribution in [0, 0.1) is 0 Å². The van der Waals surface area contributed by atoms with Crippen molar-refractivity contribution >= 4 is 42.8 Å². The van der Waals surface area contributed by atoms with Crippen molar-refractivity contribution in [3.63, 3.8) is 0 Å². The van der Waals surface area contributed by atoms with Crippen LogP contribution in [0.1, 0.15) is 0 Å². The van der Waals surface area contributed by atoms with Crippen LogP contribution in [0.5, 0.6) is 0 Å². The molecule has 3 rings (SSSR count). The molecule has 0 bridgehead atoms. The summed E-state index contributed by atoms with van der Waals surface area (Å²) in [7, 11) is 0. The first-order chi connectivity index (χ1) is 9.18. The van der Waals surface area contributed by atoms with Crippen molar-refractivity contribution in [2.24, 2.45) is 0 Å². The standard InChI is InChI=1S/C15H8Br2O2/c16-11-8-4-7-10-13(18)12(17)14(19-15(10)11)9-5-2-1-3-6-9/h1-8H. The van der Waals surface area contributed by atoms with Gasteiger partial charge in [-0.25, -0.2) is 0 Å². The van der Waals surface area contributed by atoms with E-state index in [1.165, 1.54) is 0 Å². The normalized spacial score (nSPS) is 10.8. The van der Waals surface area contributed by atoms with Gasteiger partial charge in [0.15, 0.2) is 11.3 Å². The van der Waals surface area contributed by atoms with E-state index in [1.54, 1.807) is 6.07 Å². The summed E-state index contributed by atoms with van der Waals surface area (Å²) in [5.74, 6) is 0.546. The highest BCUT2D eigenvalue weighted by atomic mass is 79.9. The second-order valence-corrected chi connectivity index (χ2v) is 5.70. The summed E-state index contributed by atoms with van der Waals surface area (Å²) in [5.41, 5.74) is 1.36. The first kappa shape index (κ1) is 12.6. The Bertz CT molecular complexity index is 807. The van der Waals surface area contributed by atoms with Crippen molar-refractivity contribution in [2.75, 3.05) is 0 Å². The average Bonchev–Trinajstić information content (AvgIpc) is 2.44. The van der Waals surface area contributed by atoms with E-state index in [0.717, 1.165) is 10.0 Å². The fourth-order valence-electron chi connectivity index (χ4n) is 1.93. The van der Waals surface area contributed by atoms with E-state index in [1.807, 2.05) is 42.5 Å². The Balaban J connectivity index is 2.42. The van der Waals surface area contributed by atoms with Crippen LogP contribution in [0.15, 0.2) is 66.7 Å². The van der Waals surface area contributed by atoms with Crippen LogP contribution in [0.3, 0.4) is 0 Å². The van der Waals surface area contributed by atoms with Crippen molar-refractivity contribution in [3.05, 3.63) is 67.7 Å². The summed E-state index contributed by atoms with van der Waals surface area (Å²) in [6.45, 7) is 0. The highest BCUT2D eigenvalue weighted by molar-refractivity contribution is 9.11. The lowest BCUT2D eigenvalue weighted by atomic mass is 10.1. The number of benzene rings is 2. The molecule has 0 amide bonds. The molecule has 0 aliphatic heterocycles. The Labute approximate surface area is 126 Å². The second kappa shape index (κ2) is 4.94. The second-order valence-electron chi connectivity index (χ2n) is 4.06. The number of para-hydroxylation sites is 1. The minimum absolute atomic E-state index is 0.0681. The predicted octanol–water partition coefficient (Wildman–Crippen LogP) is 4.99. The van der Waals surface area contributed by atoms with E-state index in [4.69, 9.17) is 4.42 Å². The zero-order chi connectivity index (χ0) is 13.4. The van der Waals surface area contributed by atoms with E-state index in [2.05, 4.69) is 31.9 Å². The van der Waals surface area contributed by atoms with E-state index in [0.29, 0.717) is 21.2 Å². The number of halogens is 2. The van der Waals surface area contributed by atoms with Gasteiger partial charge in [-0.3, -0.25) is 4.79 Å². The van der Waals surface area contributed by atoms with Gasteiger partial charge >= 0.3 is 0 Å². The molecule has 4 heteroatoms. The van der Waals surface area contributed by atoms with Crippen LogP contribution >= 0.6 is 31.9 Å². The SMILES string of the molecule is O=c1c(Br)c(-c2ccccc2)oc2c(Br)cccc12. The van der Waals surface area contributed by atoms with Gasteiger partial charge in [-0.2, -0.15) is 0 Å². The van der Waals surface area contributed by atoms with Gasteiger partial charge in [0, 0.05) is 5.56 Å². The minimum Gasteiger partial charge on any atom is -0.453 e. The third kappa shape index (κ3) is 2.15. The Hall–Kier alpha value is -1.39. The molecule has 94 valence electrons. The number of hydrogen-bond donors (Lipinski definition) is 0. The molecule has 0 radical (unpaired) electrons. The zero-order valence-corrected chi connectivity index (χ0v) is 12.9. The van der Waals surface area contributed by atoms with Gasteiger partial charge in [-0.1, -0.05) is 36.4 Å². The number of fused-ring (bicyclic) bond motifs is 1. The van der Waals surface area contributed by atoms with Crippen LogP contribution in [0.4, 0.5) is 0 Å². The topological polar surface area (TPSA) is 30.2 Å². The molecule has 2 nitrogen and oxygen atoms in total. The molecule has 19 heavy (non-hydrogen) atoms. The molecular formula is C15H8Br2O2. The van der Waals surface area contributed by atoms with E-state index < -0.39 is 0 Å². The van der Waals surface area contributed by atoms with Crippen LogP contribution in [0.25, 0.3) is 22.3 Å². The predicted molar refractivity (Wildman–Crippen MR) is 83.3 cm³/mol. The van der Waals surface area contributed by atoms with Gasteiger partial charge in [0.2, 0.25) is 5.43 Å². The summed E-state index contributed by atoms with van der Waals surface area (Å²) in [4.78, 5) is 12.3. The van der Waals surface area contributed by atoms with Gasteiger partial charge < -0.3 is 4.42 Å². The molecule has 0 fully saturated rings. The van der Waals surface area contributed by atoms with Crippen molar-refractivity contribution in [3.8, 4) is 11.3 Å². The summed E-state index contributed by atoms with van der Waals surface area (Å²) in [6.07, 6.45) is 0. The van der Waals surface area contributed by atoms with Crippen molar-refractivity contribution in [1.29, 1.82) is 0 Å². The third-order valence-corrected chi connectivity index (χ3v) is 4.20. The monoisotopic (exact) mass is 378 g/mol. The highest BCUT2D eigenvalue weighted by Gasteiger charge is 2.14. The molecule has 2 aromatic carbocycles. The molecule has 0 saturated heterocycles. The van der Waals surface area contributed by atoms with Crippen LogP contribution < -0.4 is 5.43 Å². The average molecular weight is 380 g/mol. The van der Waals surface area contributed by atoms with E-state index in [9.17, 15) is 4.79 Å². The van der Waals surface area contributed by atoms with Gasteiger partial charge in [-0.15, -0.1) is 0 Å². The first-order valence-corrected chi connectivity index (χ1v) is 7.23. The maximum Gasteiger partial charge on any atom is 0.207 e. The molecule has 0 aliphatic rings. The van der Waals surface area contributed by atoms with Crippen LogP contribution in [-0.2, 0) is 0 Å². The number of rotatable bonds is 1. The molecule has 0 spiro atoms. The first-order valence-electron chi connectivity index (χ1n) is 5.65. The van der Waals surface area contributed by atoms with Crippen molar-refractivity contribution < 1.29 is 4.42 Å². The molecule has 3 aromatic rings. The summed E-state index contributed by atoms with van der Waals surface area (Å²) in [6, 6.07) is 15.0. The van der Waals surface area contributed by atoms with Gasteiger partial charge in [0.1, 0.15) is 4.47 Å². The Morgan fingerprint density at radius 1 is 0.895 bits per heavy atom. The Morgan fingerprint density at radius 2 is 1.63 bits per heavy atom. The molecular weight excluding hydrogens is 372 g/mol. The lowest BCUT2D eigenvalue weighted by molar-refractivity contribution is 0.613. The molecule has 0 saturated carbocycles. The van der Waals surface area contributed by atoms with Gasteiger partial charge in [-0.05, 0) is 44.0 Å². The maximum absolute atomic E-state index is 12.3. The van der Waals surface area contributed by atoms with Crippen molar-refractivity contribution in [2.45, 2.75) is 0 Å². The summed E-state index contributed by atoms with van der Waals surface area (Å²) in [5, 5.41) is 0.556. The smallest absolute Gasteiger partial charge is 0.207 e. The van der Waals surface area contributed by atoms with Crippen molar-refractivity contribution in [1.82, 2.24) is 0 Å². The fraction of sp³-hybridized carbons (Fsp3) is 0. The highest BCUT2D eigenvalue weighted by Crippen LogP contribution is 2.31. The molecule has 0 N–H and O–H groups in total. The van der Waals surface area contributed by atoms with E-state index >= 15 is 0 Å². The largest absolute Gasteiger partial charge is 0.453 e. The summed E-state index contributed by atoms with van der Waals surface area (Å²) >= 11 is 6.76. The quantitative estimate of drug-likeness (QED) is 0.596. The van der Waals surface area contributed by atoms with Gasteiger partial charge in [0.25, 0.3) is 0 Å². The van der Waals surface area contributed by atoms with Gasteiger partial charge in [0.05, 0.1) is 9.86 Å². The lowest BCUT2D eigenvalue weighted by Gasteiger charge is -2.06. The maximum atomic E-state index is 12.3. The molecule has 0 unspecified atom stereocenters. The minimum atomic E-state index is -0.0681. The third-order valence-electron chi connectivity index (χ3n) is 2.85. The summed E-state index contributed by atoms with van der Waals surface area (Å²) < 4.78 is 7.12. The Morgan fingerprint density at radius 3 is 2.37 bits per heavy atom. The molecule has 1 aromatic heterocycles. The number of hydrogen-bond acceptors (Lipinski definition) is 2. The van der Waals surface area contributed by atoms with Crippen LogP contribution in [-0.4, -0.2) is 0 Å². The molecule has 1 heterocycles. The van der Waals surface area contributed by atoms with E-state index in [-0.39, 0.29) is 5.43 Å². The molecule has 0 aliphatic carbocycles. The zero-order valence-electron chi connectivity index (χ0n) is 9.69. The van der Waals surface area contributed by atoms with Crippen LogP contribution in [0.2, 0.25) is 0 Å². The lowest BCUT2D eigenvalue weighted by Crippen LogP contribution is -2.04. The Kier molecular flexibility index (Phi) is 3.29. The molecule has 0 atom stereocenters. The fourth-order valence-corrected chi connectivity index (χ4v) is 2.91.